The van der Waals surface area contributed by atoms with Crippen LogP contribution in [0.1, 0.15) is 18.4 Å². The fraction of sp³-hybridized carbons (Fsp3) is 0.357. The van der Waals surface area contributed by atoms with E-state index < -0.39 is 0 Å². The lowest BCUT2D eigenvalue weighted by atomic mass is 10.1. The zero-order valence-electron chi connectivity index (χ0n) is 10.2. The summed E-state index contributed by atoms with van der Waals surface area (Å²) in [4.78, 5) is 14.3. The third-order valence-corrected chi connectivity index (χ3v) is 3.47. The Morgan fingerprint density at radius 3 is 3.06 bits per heavy atom. The van der Waals surface area contributed by atoms with Gasteiger partial charge in [0.2, 0.25) is 5.91 Å². The molecule has 1 aromatic carbocycles. The molecule has 0 aliphatic carbocycles. The summed E-state index contributed by atoms with van der Waals surface area (Å²) >= 11 is 0. The van der Waals surface area contributed by atoms with Gasteiger partial charge < -0.3 is 15.6 Å². The molecule has 1 fully saturated rings. The van der Waals surface area contributed by atoms with Crippen molar-refractivity contribution in [1.29, 1.82) is 0 Å². The number of hydrogen-bond donors (Lipinski definition) is 3. The molecule has 1 unspecified atom stereocenters. The summed E-state index contributed by atoms with van der Waals surface area (Å²) in [5.41, 5.74) is 2.44. The predicted molar refractivity (Wildman–Crippen MR) is 71.2 cm³/mol. The molecular weight excluding hydrogens is 226 g/mol. The van der Waals surface area contributed by atoms with Crippen molar-refractivity contribution in [1.82, 2.24) is 15.6 Å². The first-order chi connectivity index (χ1) is 8.83. The molecule has 1 aromatic heterocycles. The SMILES string of the molecule is O=C1CCC(CNCc2c[nH]c3ccccc23)N1. The Morgan fingerprint density at radius 1 is 1.33 bits per heavy atom. The fourth-order valence-electron chi connectivity index (χ4n) is 2.49. The average molecular weight is 243 g/mol. The van der Waals surface area contributed by atoms with Crippen molar-refractivity contribution < 1.29 is 4.79 Å². The largest absolute Gasteiger partial charge is 0.361 e. The fourth-order valence-corrected chi connectivity index (χ4v) is 2.49. The second-order valence-corrected chi connectivity index (χ2v) is 4.79. The normalized spacial score (nSPS) is 19.3. The molecule has 2 aromatic rings. The van der Waals surface area contributed by atoms with Crippen molar-refractivity contribution in [3.8, 4) is 0 Å². The second kappa shape index (κ2) is 4.82. The van der Waals surface area contributed by atoms with Crippen LogP contribution in [0, 0.1) is 0 Å². The molecule has 3 rings (SSSR count). The lowest BCUT2D eigenvalue weighted by Gasteiger charge is -2.10. The van der Waals surface area contributed by atoms with E-state index in [1.807, 2.05) is 12.3 Å². The number of aromatic amines is 1. The minimum absolute atomic E-state index is 0.175. The van der Waals surface area contributed by atoms with Crippen molar-refractivity contribution in [2.45, 2.75) is 25.4 Å². The molecule has 3 N–H and O–H groups in total. The summed E-state index contributed by atoms with van der Waals surface area (Å²) in [6, 6.07) is 8.58. The topological polar surface area (TPSA) is 56.9 Å². The van der Waals surface area contributed by atoms with E-state index >= 15 is 0 Å². The molecule has 2 heterocycles. The van der Waals surface area contributed by atoms with Gasteiger partial charge in [-0.05, 0) is 18.1 Å². The van der Waals surface area contributed by atoms with Gasteiger partial charge in [-0.1, -0.05) is 18.2 Å². The average Bonchev–Trinajstić information content (AvgIpc) is 2.97. The van der Waals surface area contributed by atoms with Crippen molar-refractivity contribution in [3.05, 3.63) is 36.0 Å². The van der Waals surface area contributed by atoms with Gasteiger partial charge in [-0.15, -0.1) is 0 Å². The summed E-state index contributed by atoms with van der Waals surface area (Å²) in [5.74, 6) is 0.175. The lowest BCUT2D eigenvalue weighted by molar-refractivity contribution is -0.119. The highest BCUT2D eigenvalue weighted by Crippen LogP contribution is 2.17. The molecule has 94 valence electrons. The maximum Gasteiger partial charge on any atom is 0.220 e. The monoisotopic (exact) mass is 243 g/mol. The summed E-state index contributed by atoms with van der Waals surface area (Å²) in [6.45, 7) is 1.67. The molecule has 18 heavy (non-hydrogen) atoms. The highest BCUT2D eigenvalue weighted by molar-refractivity contribution is 5.83. The number of aromatic nitrogens is 1. The second-order valence-electron chi connectivity index (χ2n) is 4.79. The van der Waals surface area contributed by atoms with Crippen molar-refractivity contribution in [2.24, 2.45) is 0 Å². The van der Waals surface area contributed by atoms with Gasteiger partial charge in [-0.3, -0.25) is 4.79 Å². The predicted octanol–water partition coefficient (Wildman–Crippen LogP) is 1.54. The Labute approximate surface area is 106 Å². The van der Waals surface area contributed by atoms with Gasteiger partial charge in [0.25, 0.3) is 0 Å². The number of hydrogen-bond acceptors (Lipinski definition) is 2. The number of carbonyl (C=O) groups is 1. The summed E-state index contributed by atoms with van der Waals surface area (Å²) in [7, 11) is 0. The number of para-hydroxylation sites is 1. The Kier molecular flexibility index (Phi) is 3.02. The van der Waals surface area contributed by atoms with Crippen molar-refractivity contribution >= 4 is 16.8 Å². The molecule has 4 heteroatoms. The maximum atomic E-state index is 11.1. The molecule has 1 aliphatic heterocycles. The van der Waals surface area contributed by atoms with E-state index in [1.54, 1.807) is 0 Å². The zero-order chi connectivity index (χ0) is 12.4. The molecule has 1 atom stereocenters. The van der Waals surface area contributed by atoms with Crippen LogP contribution in [-0.4, -0.2) is 23.5 Å². The minimum atomic E-state index is 0.175. The highest BCUT2D eigenvalue weighted by Gasteiger charge is 2.19. The first-order valence-corrected chi connectivity index (χ1v) is 6.38. The number of rotatable bonds is 4. The quantitative estimate of drug-likeness (QED) is 0.763. The number of fused-ring (bicyclic) bond motifs is 1. The van der Waals surface area contributed by atoms with Crippen LogP contribution >= 0.6 is 0 Å². The number of nitrogens with one attached hydrogen (secondary N) is 3. The van der Waals surface area contributed by atoms with Gasteiger partial charge in [-0.25, -0.2) is 0 Å². The molecule has 0 saturated carbocycles. The van der Waals surface area contributed by atoms with Crippen molar-refractivity contribution in [3.63, 3.8) is 0 Å². The van der Waals surface area contributed by atoms with Gasteiger partial charge in [0.05, 0.1) is 0 Å². The molecule has 0 bridgehead atoms. The number of amides is 1. The lowest BCUT2D eigenvalue weighted by Crippen LogP contribution is -2.35. The number of carbonyl (C=O) groups excluding carboxylic acids is 1. The van der Waals surface area contributed by atoms with Gasteiger partial charge in [0.15, 0.2) is 0 Å². The van der Waals surface area contributed by atoms with E-state index in [1.165, 1.54) is 16.5 Å². The Balaban J connectivity index is 1.58. The van der Waals surface area contributed by atoms with Crippen LogP contribution in [0.3, 0.4) is 0 Å². The first kappa shape index (κ1) is 11.3. The van der Waals surface area contributed by atoms with Gasteiger partial charge >= 0.3 is 0 Å². The van der Waals surface area contributed by atoms with Crippen LogP contribution in [0.2, 0.25) is 0 Å². The molecule has 1 aliphatic rings. The third-order valence-electron chi connectivity index (χ3n) is 3.47. The smallest absolute Gasteiger partial charge is 0.220 e. The van der Waals surface area contributed by atoms with Gasteiger partial charge in [0.1, 0.15) is 0 Å². The maximum absolute atomic E-state index is 11.1. The van der Waals surface area contributed by atoms with Crippen LogP contribution in [0.5, 0.6) is 0 Å². The standard InChI is InChI=1S/C14H17N3O/c18-14-6-5-11(17-14)9-15-7-10-8-16-13-4-2-1-3-12(10)13/h1-4,8,11,15-16H,5-7,9H2,(H,17,18). The van der Waals surface area contributed by atoms with E-state index in [-0.39, 0.29) is 5.91 Å². The zero-order valence-corrected chi connectivity index (χ0v) is 10.2. The number of benzene rings is 1. The number of H-pyrrole nitrogens is 1. The third kappa shape index (κ3) is 2.24. The van der Waals surface area contributed by atoms with E-state index in [0.717, 1.165) is 19.5 Å². The summed E-state index contributed by atoms with van der Waals surface area (Å²) in [6.07, 6.45) is 3.66. The Hall–Kier alpha value is -1.81. The van der Waals surface area contributed by atoms with Gasteiger partial charge in [-0.2, -0.15) is 0 Å². The molecule has 1 amide bonds. The molecule has 4 nitrogen and oxygen atoms in total. The summed E-state index contributed by atoms with van der Waals surface area (Å²) < 4.78 is 0. The van der Waals surface area contributed by atoms with Crippen LogP contribution in [0.4, 0.5) is 0 Å². The van der Waals surface area contributed by atoms with Gasteiger partial charge in [0, 0.05) is 42.7 Å². The minimum Gasteiger partial charge on any atom is -0.361 e. The van der Waals surface area contributed by atoms with Crippen molar-refractivity contribution in [2.75, 3.05) is 6.54 Å². The van der Waals surface area contributed by atoms with E-state index in [2.05, 4.69) is 33.8 Å². The van der Waals surface area contributed by atoms with E-state index in [4.69, 9.17) is 0 Å². The molecule has 1 saturated heterocycles. The Morgan fingerprint density at radius 2 is 2.22 bits per heavy atom. The van der Waals surface area contributed by atoms with Crippen LogP contribution in [0.25, 0.3) is 10.9 Å². The molecular formula is C14H17N3O. The Bertz CT molecular complexity index is 561. The van der Waals surface area contributed by atoms with Crippen LogP contribution < -0.4 is 10.6 Å². The molecule has 0 radical (unpaired) electrons. The van der Waals surface area contributed by atoms with E-state index in [9.17, 15) is 4.79 Å². The first-order valence-electron chi connectivity index (χ1n) is 6.38. The van der Waals surface area contributed by atoms with E-state index in [0.29, 0.717) is 12.5 Å². The highest BCUT2D eigenvalue weighted by atomic mass is 16.1. The molecule has 0 spiro atoms. The van der Waals surface area contributed by atoms with Crippen LogP contribution in [-0.2, 0) is 11.3 Å². The van der Waals surface area contributed by atoms with Crippen LogP contribution in [0.15, 0.2) is 30.5 Å². The summed E-state index contributed by atoms with van der Waals surface area (Å²) in [5, 5.41) is 7.63.